The average Bonchev–Trinajstić information content (AvgIpc) is 3.27. The topological polar surface area (TPSA) is 105 Å². The van der Waals surface area contributed by atoms with Crippen molar-refractivity contribution in [3.63, 3.8) is 0 Å². The highest BCUT2D eigenvalue weighted by Crippen LogP contribution is 2.33. The van der Waals surface area contributed by atoms with Crippen LogP contribution in [0.1, 0.15) is 30.1 Å². The molecule has 3 amide bonds. The third-order valence-corrected chi connectivity index (χ3v) is 5.47. The molecule has 2 heterocycles. The lowest BCUT2D eigenvalue weighted by atomic mass is 10.1. The van der Waals surface area contributed by atoms with Gasteiger partial charge in [-0.2, -0.15) is 0 Å². The molecule has 0 spiro atoms. The molecule has 2 saturated heterocycles. The molecular weight excluding hydrogens is 367 g/mol. The quantitative estimate of drug-likeness (QED) is 0.715. The lowest BCUT2D eigenvalue weighted by Gasteiger charge is -2.25. The molecule has 152 valence electrons. The Balaban J connectivity index is 1.68. The number of methoxy groups -OCH3 is 1. The first-order chi connectivity index (χ1) is 13.3. The maximum atomic E-state index is 14.0. The summed E-state index contributed by atoms with van der Waals surface area (Å²) in [6.07, 6.45) is 1.11. The van der Waals surface area contributed by atoms with Crippen LogP contribution in [-0.4, -0.2) is 66.9 Å². The Bertz CT molecular complexity index is 800. The molecule has 28 heavy (non-hydrogen) atoms. The van der Waals surface area contributed by atoms with Gasteiger partial charge in [0.05, 0.1) is 25.3 Å². The standard InChI is InChI=1S/C19H25FN4O4/c1-3-17(25)22-8-18(26)24-5-4-11-9-23(10-15(11)24)19(27)12-6-13(20)16(28-2)7-14(12)21/h6-7,11,15H,3-5,8-10,21H2,1-2H3,(H,22,25)/t11-,15+/m1/s1. The SMILES string of the molecule is CCC(=O)NCC(=O)N1CC[C@@H]2CN(C(=O)c3cc(F)c(OC)cc3N)C[C@@H]21. The Hall–Kier alpha value is -2.84. The van der Waals surface area contributed by atoms with Crippen LogP contribution in [0.2, 0.25) is 0 Å². The van der Waals surface area contributed by atoms with E-state index in [-0.39, 0.29) is 53.2 Å². The number of fused-ring (bicyclic) bond motifs is 1. The first kappa shape index (κ1) is 19.9. The highest BCUT2D eigenvalue weighted by Gasteiger charge is 2.44. The van der Waals surface area contributed by atoms with Crippen molar-refractivity contribution in [3.05, 3.63) is 23.5 Å². The number of nitrogens with one attached hydrogen (secondary N) is 1. The largest absolute Gasteiger partial charge is 0.494 e. The minimum absolute atomic E-state index is 0.0155. The Labute approximate surface area is 162 Å². The number of ether oxygens (including phenoxy) is 1. The van der Waals surface area contributed by atoms with Crippen molar-refractivity contribution in [2.24, 2.45) is 5.92 Å². The van der Waals surface area contributed by atoms with Crippen LogP contribution in [0.25, 0.3) is 0 Å². The summed E-state index contributed by atoms with van der Waals surface area (Å²) in [6, 6.07) is 2.29. The Morgan fingerprint density at radius 2 is 2.07 bits per heavy atom. The molecule has 2 atom stereocenters. The summed E-state index contributed by atoms with van der Waals surface area (Å²) in [5.41, 5.74) is 6.15. The summed E-state index contributed by atoms with van der Waals surface area (Å²) >= 11 is 0. The third kappa shape index (κ3) is 3.74. The molecule has 0 aliphatic carbocycles. The van der Waals surface area contributed by atoms with Crippen molar-refractivity contribution in [1.82, 2.24) is 15.1 Å². The Kier molecular flexibility index (Phi) is 5.71. The molecular formula is C19H25FN4O4. The second-order valence-electron chi connectivity index (χ2n) is 7.12. The van der Waals surface area contributed by atoms with Crippen LogP contribution in [0.3, 0.4) is 0 Å². The molecule has 0 bridgehead atoms. The van der Waals surface area contributed by atoms with Crippen molar-refractivity contribution in [2.45, 2.75) is 25.8 Å². The molecule has 0 aromatic heterocycles. The fraction of sp³-hybridized carbons (Fsp3) is 0.526. The molecule has 2 fully saturated rings. The van der Waals surface area contributed by atoms with Crippen LogP contribution in [-0.2, 0) is 9.59 Å². The van der Waals surface area contributed by atoms with Gasteiger partial charge < -0.3 is 25.6 Å². The number of rotatable bonds is 5. The van der Waals surface area contributed by atoms with E-state index in [1.807, 2.05) is 0 Å². The second-order valence-corrected chi connectivity index (χ2v) is 7.12. The van der Waals surface area contributed by atoms with Crippen LogP contribution in [0.4, 0.5) is 10.1 Å². The number of carbonyl (C=O) groups excluding carboxylic acids is 3. The number of anilines is 1. The van der Waals surface area contributed by atoms with Crippen molar-refractivity contribution in [2.75, 3.05) is 39.0 Å². The molecule has 3 rings (SSSR count). The van der Waals surface area contributed by atoms with E-state index in [4.69, 9.17) is 10.5 Å². The number of nitrogen functional groups attached to an aromatic ring is 1. The number of nitrogens with two attached hydrogens (primary N) is 1. The third-order valence-electron chi connectivity index (χ3n) is 5.47. The number of hydrogen-bond donors (Lipinski definition) is 2. The van der Waals surface area contributed by atoms with E-state index in [0.29, 0.717) is 26.1 Å². The van der Waals surface area contributed by atoms with Gasteiger partial charge >= 0.3 is 0 Å². The molecule has 2 aliphatic rings. The number of halogens is 1. The predicted octanol–water partition coefficient (Wildman–Crippen LogP) is 0.616. The highest BCUT2D eigenvalue weighted by molar-refractivity contribution is 5.99. The number of amides is 3. The van der Waals surface area contributed by atoms with Gasteiger partial charge in [-0.3, -0.25) is 14.4 Å². The van der Waals surface area contributed by atoms with Crippen LogP contribution < -0.4 is 15.8 Å². The van der Waals surface area contributed by atoms with E-state index in [1.54, 1.807) is 16.7 Å². The number of hydrogen-bond acceptors (Lipinski definition) is 5. The van der Waals surface area contributed by atoms with Crippen LogP contribution in [0.15, 0.2) is 12.1 Å². The van der Waals surface area contributed by atoms with Gasteiger partial charge in [-0.25, -0.2) is 4.39 Å². The van der Waals surface area contributed by atoms with Crippen LogP contribution in [0, 0.1) is 11.7 Å². The Morgan fingerprint density at radius 1 is 1.32 bits per heavy atom. The zero-order valence-electron chi connectivity index (χ0n) is 16.0. The lowest BCUT2D eigenvalue weighted by molar-refractivity contribution is -0.133. The fourth-order valence-electron chi connectivity index (χ4n) is 3.92. The van der Waals surface area contributed by atoms with Crippen molar-refractivity contribution in [1.29, 1.82) is 0 Å². The predicted molar refractivity (Wildman–Crippen MR) is 100 cm³/mol. The summed E-state index contributed by atoms with van der Waals surface area (Å²) in [7, 11) is 1.33. The zero-order chi connectivity index (χ0) is 20.4. The van der Waals surface area contributed by atoms with E-state index in [9.17, 15) is 18.8 Å². The van der Waals surface area contributed by atoms with Crippen molar-refractivity contribution >= 4 is 23.4 Å². The lowest BCUT2D eigenvalue weighted by Crippen LogP contribution is -2.45. The monoisotopic (exact) mass is 392 g/mol. The molecule has 8 nitrogen and oxygen atoms in total. The summed E-state index contributed by atoms with van der Waals surface area (Å²) in [6.45, 7) is 3.14. The first-order valence-corrected chi connectivity index (χ1v) is 9.34. The van der Waals surface area contributed by atoms with Crippen LogP contribution in [0.5, 0.6) is 5.75 Å². The number of benzene rings is 1. The smallest absolute Gasteiger partial charge is 0.256 e. The summed E-state index contributed by atoms with van der Waals surface area (Å²) in [5, 5.41) is 2.59. The van der Waals surface area contributed by atoms with E-state index in [1.165, 1.54) is 13.2 Å². The molecule has 2 aliphatic heterocycles. The molecule has 9 heteroatoms. The molecule has 1 aromatic rings. The van der Waals surface area contributed by atoms with Gasteiger partial charge in [0.2, 0.25) is 11.8 Å². The summed E-state index contributed by atoms with van der Waals surface area (Å²) < 4.78 is 18.9. The summed E-state index contributed by atoms with van der Waals surface area (Å²) in [4.78, 5) is 40.0. The number of likely N-dealkylation sites (tertiary alicyclic amines) is 2. The first-order valence-electron chi connectivity index (χ1n) is 9.34. The minimum atomic E-state index is -0.650. The Morgan fingerprint density at radius 3 is 2.75 bits per heavy atom. The second kappa shape index (κ2) is 8.04. The van der Waals surface area contributed by atoms with Gasteiger partial charge in [0, 0.05) is 43.7 Å². The minimum Gasteiger partial charge on any atom is -0.494 e. The van der Waals surface area contributed by atoms with Gasteiger partial charge in [0.15, 0.2) is 11.6 Å². The molecule has 0 saturated carbocycles. The molecule has 0 radical (unpaired) electrons. The molecule has 0 unspecified atom stereocenters. The number of carbonyl (C=O) groups is 3. The summed E-state index contributed by atoms with van der Waals surface area (Å²) in [5.74, 6) is -1.19. The van der Waals surface area contributed by atoms with E-state index >= 15 is 0 Å². The van der Waals surface area contributed by atoms with Gasteiger partial charge in [-0.1, -0.05) is 6.92 Å². The van der Waals surface area contributed by atoms with Crippen molar-refractivity contribution in [3.8, 4) is 5.75 Å². The highest BCUT2D eigenvalue weighted by atomic mass is 19.1. The molecule has 1 aromatic carbocycles. The fourth-order valence-corrected chi connectivity index (χ4v) is 3.92. The average molecular weight is 392 g/mol. The van der Waals surface area contributed by atoms with Crippen molar-refractivity contribution < 1.29 is 23.5 Å². The maximum absolute atomic E-state index is 14.0. The van der Waals surface area contributed by atoms with Gasteiger partial charge in [0.1, 0.15) is 0 Å². The zero-order valence-corrected chi connectivity index (χ0v) is 16.0. The number of nitrogens with zero attached hydrogens (tertiary/aromatic N) is 2. The van der Waals surface area contributed by atoms with E-state index in [0.717, 1.165) is 12.5 Å². The van der Waals surface area contributed by atoms with E-state index < -0.39 is 5.82 Å². The van der Waals surface area contributed by atoms with E-state index in [2.05, 4.69) is 5.32 Å². The van der Waals surface area contributed by atoms with Gasteiger partial charge in [-0.15, -0.1) is 0 Å². The normalized spacial score (nSPS) is 20.8. The van der Waals surface area contributed by atoms with Crippen LogP contribution >= 0.6 is 0 Å². The van der Waals surface area contributed by atoms with Gasteiger partial charge in [0.25, 0.3) is 5.91 Å². The molecule has 3 N–H and O–H groups in total. The maximum Gasteiger partial charge on any atom is 0.256 e. The van der Waals surface area contributed by atoms with Gasteiger partial charge in [-0.05, 0) is 12.5 Å².